The van der Waals surface area contributed by atoms with Gasteiger partial charge in [-0.15, -0.1) is 0 Å². The first kappa shape index (κ1) is 12.0. The Morgan fingerprint density at radius 3 is 2.39 bits per heavy atom. The van der Waals surface area contributed by atoms with Gasteiger partial charge in [0.1, 0.15) is 0 Å². The van der Waals surface area contributed by atoms with Gasteiger partial charge in [0, 0.05) is 5.92 Å². The lowest BCUT2D eigenvalue weighted by Gasteiger charge is -2.23. The highest BCUT2D eigenvalue weighted by atomic mass is 16.6. The molecule has 3 saturated carbocycles. The van der Waals surface area contributed by atoms with Crippen molar-refractivity contribution in [3.05, 3.63) is 0 Å². The number of rotatable bonds is 4. The number of fused-ring (bicyclic) bond motifs is 2. The predicted octanol–water partition coefficient (Wildman–Crippen LogP) is 1.92. The molecule has 2 bridgehead atoms. The van der Waals surface area contributed by atoms with Crippen molar-refractivity contribution >= 4 is 11.9 Å². The maximum Gasteiger partial charge on any atom is 0.347 e. The largest absolute Gasteiger partial charge is 0.466 e. The van der Waals surface area contributed by atoms with Crippen LogP contribution < -0.4 is 0 Å². The van der Waals surface area contributed by atoms with E-state index in [1.165, 1.54) is 20.0 Å². The molecular formula is C14H20O4. The van der Waals surface area contributed by atoms with E-state index in [9.17, 15) is 9.59 Å². The zero-order chi connectivity index (χ0) is 12.7. The molecule has 18 heavy (non-hydrogen) atoms. The third kappa shape index (κ3) is 2.13. The van der Waals surface area contributed by atoms with Crippen molar-refractivity contribution in [2.75, 3.05) is 7.11 Å². The van der Waals surface area contributed by atoms with Gasteiger partial charge in [0.15, 0.2) is 0 Å². The van der Waals surface area contributed by atoms with Gasteiger partial charge in [-0.25, -0.2) is 4.79 Å². The minimum atomic E-state index is -0.651. The molecule has 0 spiro atoms. The summed E-state index contributed by atoms with van der Waals surface area (Å²) in [6.45, 7) is 0. The van der Waals surface area contributed by atoms with Crippen LogP contribution in [0.4, 0.5) is 0 Å². The summed E-state index contributed by atoms with van der Waals surface area (Å²) in [4.78, 5) is 23.8. The molecule has 0 heterocycles. The van der Waals surface area contributed by atoms with Crippen LogP contribution in [0.1, 0.15) is 38.5 Å². The summed E-state index contributed by atoms with van der Waals surface area (Å²) in [5, 5.41) is 0. The van der Waals surface area contributed by atoms with Crippen LogP contribution in [0.3, 0.4) is 0 Å². The first-order chi connectivity index (χ1) is 8.69. The molecule has 0 aliphatic heterocycles. The molecule has 0 unspecified atom stereocenters. The summed E-state index contributed by atoms with van der Waals surface area (Å²) >= 11 is 0. The van der Waals surface area contributed by atoms with Crippen LogP contribution in [0.25, 0.3) is 0 Å². The highest BCUT2D eigenvalue weighted by Crippen LogP contribution is 2.49. The molecule has 0 aromatic carbocycles. The first-order valence-electron chi connectivity index (χ1n) is 6.97. The Hall–Kier alpha value is -1.06. The van der Waals surface area contributed by atoms with E-state index in [2.05, 4.69) is 0 Å². The fourth-order valence-corrected chi connectivity index (χ4v) is 3.60. The molecule has 0 aromatic rings. The fourth-order valence-electron chi connectivity index (χ4n) is 3.60. The van der Waals surface area contributed by atoms with Crippen molar-refractivity contribution < 1.29 is 19.1 Å². The molecule has 4 nitrogen and oxygen atoms in total. The van der Waals surface area contributed by atoms with Crippen LogP contribution in [0, 0.1) is 23.7 Å². The van der Waals surface area contributed by atoms with Crippen molar-refractivity contribution in [2.45, 2.75) is 44.6 Å². The monoisotopic (exact) mass is 252 g/mol. The van der Waals surface area contributed by atoms with E-state index in [0.29, 0.717) is 11.8 Å². The third-order valence-electron chi connectivity index (χ3n) is 4.77. The molecule has 0 N–H and O–H groups in total. The molecule has 4 heteroatoms. The molecular weight excluding hydrogens is 232 g/mol. The van der Waals surface area contributed by atoms with Crippen LogP contribution >= 0.6 is 0 Å². The number of ether oxygens (including phenoxy) is 2. The normalized spacial score (nSPS) is 35.3. The second-order valence-electron chi connectivity index (χ2n) is 6.00. The van der Waals surface area contributed by atoms with Crippen LogP contribution in [-0.2, 0) is 19.1 Å². The average Bonchev–Trinajstić information content (AvgIpc) is 3.00. The Bertz CT molecular complexity index is 361. The van der Waals surface area contributed by atoms with E-state index in [1.807, 2.05) is 0 Å². The highest BCUT2D eigenvalue weighted by molar-refractivity contribution is 5.81. The number of methoxy groups -OCH3 is 1. The minimum Gasteiger partial charge on any atom is -0.466 e. The van der Waals surface area contributed by atoms with Gasteiger partial charge in [-0.1, -0.05) is 6.42 Å². The standard InChI is InChI=1S/C14H20O4/c1-17-14(16)12(9-4-5-9)18-13(15)11-7-8-2-3-10(11)6-8/h8-12H,2-7H2,1H3/t8-,10-,11-,12-/m0/s1. The number of carbonyl (C=O) groups is 2. The maximum absolute atomic E-state index is 12.2. The molecule has 100 valence electrons. The predicted molar refractivity (Wildman–Crippen MR) is 63.6 cm³/mol. The average molecular weight is 252 g/mol. The van der Waals surface area contributed by atoms with Gasteiger partial charge in [-0.3, -0.25) is 4.79 Å². The molecule has 3 rings (SSSR count). The van der Waals surface area contributed by atoms with Crippen molar-refractivity contribution in [1.29, 1.82) is 0 Å². The lowest BCUT2D eigenvalue weighted by Crippen LogP contribution is -2.34. The van der Waals surface area contributed by atoms with Crippen LogP contribution in [0.5, 0.6) is 0 Å². The first-order valence-corrected chi connectivity index (χ1v) is 6.97. The molecule has 4 atom stereocenters. The molecule has 0 radical (unpaired) electrons. The van der Waals surface area contributed by atoms with Gasteiger partial charge in [-0.2, -0.15) is 0 Å². The van der Waals surface area contributed by atoms with Crippen molar-refractivity contribution in [3.8, 4) is 0 Å². The SMILES string of the molecule is COC(=O)[C@@H](OC(=O)[C@H]1C[C@H]2CC[C@H]1C2)C1CC1. The zero-order valence-corrected chi connectivity index (χ0v) is 10.8. The van der Waals surface area contributed by atoms with E-state index in [1.54, 1.807) is 0 Å². The topological polar surface area (TPSA) is 52.6 Å². The van der Waals surface area contributed by atoms with Gasteiger partial charge in [0.25, 0.3) is 0 Å². The summed E-state index contributed by atoms with van der Waals surface area (Å²) in [6, 6.07) is 0. The maximum atomic E-state index is 12.2. The summed E-state index contributed by atoms with van der Waals surface area (Å²) in [5.41, 5.74) is 0. The lowest BCUT2D eigenvalue weighted by molar-refractivity contribution is -0.171. The van der Waals surface area contributed by atoms with Gasteiger partial charge < -0.3 is 9.47 Å². The second-order valence-corrected chi connectivity index (χ2v) is 6.00. The minimum absolute atomic E-state index is 0.0367. The molecule has 0 aromatic heterocycles. The lowest BCUT2D eigenvalue weighted by atomic mass is 9.89. The van der Waals surface area contributed by atoms with Gasteiger partial charge in [0.05, 0.1) is 13.0 Å². The van der Waals surface area contributed by atoms with E-state index in [4.69, 9.17) is 9.47 Å². The molecule has 3 aliphatic carbocycles. The molecule has 3 fully saturated rings. The molecule has 0 saturated heterocycles. The van der Waals surface area contributed by atoms with Crippen LogP contribution in [0.2, 0.25) is 0 Å². The summed E-state index contributed by atoms with van der Waals surface area (Å²) in [7, 11) is 1.35. The summed E-state index contributed by atoms with van der Waals surface area (Å²) in [5.74, 6) is 0.887. The van der Waals surface area contributed by atoms with E-state index >= 15 is 0 Å². The third-order valence-corrected chi connectivity index (χ3v) is 4.77. The zero-order valence-electron chi connectivity index (χ0n) is 10.8. The Morgan fingerprint density at radius 2 is 1.89 bits per heavy atom. The van der Waals surface area contributed by atoms with Gasteiger partial charge >= 0.3 is 11.9 Å². The summed E-state index contributed by atoms with van der Waals surface area (Å²) < 4.78 is 10.2. The fraction of sp³-hybridized carbons (Fsp3) is 0.857. The van der Waals surface area contributed by atoms with E-state index in [0.717, 1.165) is 25.7 Å². The van der Waals surface area contributed by atoms with Crippen molar-refractivity contribution in [3.63, 3.8) is 0 Å². The van der Waals surface area contributed by atoms with Crippen molar-refractivity contribution in [1.82, 2.24) is 0 Å². The molecule has 0 amide bonds. The number of hydrogen-bond acceptors (Lipinski definition) is 4. The van der Waals surface area contributed by atoms with Crippen LogP contribution in [0.15, 0.2) is 0 Å². The Kier molecular flexibility index (Phi) is 3.04. The number of carbonyl (C=O) groups excluding carboxylic acids is 2. The van der Waals surface area contributed by atoms with Gasteiger partial charge in [-0.05, 0) is 43.9 Å². The van der Waals surface area contributed by atoms with Crippen molar-refractivity contribution in [2.24, 2.45) is 23.7 Å². The van der Waals surface area contributed by atoms with Crippen LogP contribution in [-0.4, -0.2) is 25.2 Å². The number of esters is 2. The smallest absolute Gasteiger partial charge is 0.347 e. The Labute approximate surface area is 107 Å². The summed E-state index contributed by atoms with van der Waals surface area (Å²) in [6.07, 6.45) is 5.82. The number of hydrogen-bond donors (Lipinski definition) is 0. The van der Waals surface area contributed by atoms with E-state index in [-0.39, 0.29) is 17.8 Å². The highest BCUT2D eigenvalue weighted by Gasteiger charge is 2.47. The quantitative estimate of drug-likeness (QED) is 0.717. The molecule has 3 aliphatic rings. The Morgan fingerprint density at radius 1 is 1.11 bits per heavy atom. The second kappa shape index (κ2) is 4.56. The van der Waals surface area contributed by atoms with Gasteiger partial charge in [0.2, 0.25) is 6.10 Å². The van der Waals surface area contributed by atoms with E-state index < -0.39 is 12.1 Å². The Balaban J connectivity index is 1.60.